The summed E-state index contributed by atoms with van der Waals surface area (Å²) in [6.07, 6.45) is 2.13. The summed E-state index contributed by atoms with van der Waals surface area (Å²) in [5.74, 6) is 0.230. The van der Waals surface area contributed by atoms with Crippen molar-refractivity contribution in [2.75, 3.05) is 32.1 Å². The van der Waals surface area contributed by atoms with Gasteiger partial charge in [-0.1, -0.05) is 17.7 Å². The van der Waals surface area contributed by atoms with Crippen molar-refractivity contribution in [3.63, 3.8) is 0 Å². The van der Waals surface area contributed by atoms with Gasteiger partial charge in [0.1, 0.15) is 0 Å². The molecular weight excluding hydrogens is 252 g/mol. The molecule has 20 heavy (non-hydrogen) atoms. The van der Waals surface area contributed by atoms with Crippen molar-refractivity contribution in [1.29, 1.82) is 0 Å². The number of nitrogens with one attached hydrogen (secondary N) is 1. The number of benzene rings is 1. The molecule has 0 radical (unpaired) electrons. The van der Waals surface area contributed by atoms with Crippen LogP contribution in [0.4, 0.5) is 5.69 Å². The van der Waals surface area contributed by atoms with Crippen molar-refractivity contribution in [3.8, 4) is 0 Å². The van der Waals surface area contributed by atoms with E-state index in [1.807, 2.05) is 12.1 Å². The van der Waals surface area contributed by atoms with Crippen LogP contribution in [0.5, 0.6) is 0 Å². The highest BCUT2D eigenvalue weighted by Crippen LogP contribution is 2.38. The molecule has 1 N–H and O–H groups in total. The molecule has 0 amide bonds. The van der Waals surface area contributed by atoms with Crippen molar-refractivity contribution >= 4 is 11.7 Å². The maximum absolute atomic E-state index is 12.4. The van der Waals surface area contributed by atoms with Crippen molar-refractivity contribution in [1.82, 2.24) is 4.90 Å². The van der Waals surface area contributed by atoms with Crippen LogP contribution < -0.4 is 5.32 Å². The molecule has 1 aromatic carbocycles. The standard InChI is InChI=1S/C16H22N2O2/c1-12-3-5-14(6-4-12)17-16(15(19)20-2)11-18-9-7-13(16)8-10-18/h3-6,13,17H,7-11H2,1-2H3. The lowest BCUT2D eigenvalue weighted by atomic mass is 9.72. The first-order chi connectivity index (χ1) is 9.64. The first-order valence-corrected chi connectivity index (χ1v) is 7.30. The van der Waals surface area contributed by atoms with Crippen molar-refractivity contribution in [3.05, 3.63) is 29.8 Å². The zero-order valence-electron chi connectivity index (χ0n) is 12.2. The molecule has 108 valence electrons. The number of hydrogen-bond acceptors (Lipinski definition) is 4. The predicted octanol–water partition coefficient (Wildman–Crippen LogP) is 2.04. The lowest BCUT2D eigenvalue weighted by molar-refractivity contribution is -0.153. The lowest BCUT2D eigenvalue weighted by Crippen LogP contribution is -2.67. The predicted molar refractivity (Wildman–Crippen MR) is 78.7 cm³/mol. The molecular formula is C16H22N2O2. The van der Waals surface area contributed by atoms with Crippen LogP contribution in [0.2, 0.25) is 0 Å². The molecule has 1 aromatic rings. The molecule has 0 saturated carbocycles. The van der Waals surface area contributed by atoms with Crippen LogP contribution in [-0.4, -0.2) is 43.2 Å². The van der Waals surface area contributed by atoms with Crippen LogP contribution in [0.25, 0.3) is 0 Å². The minimum absolute atomic E-state index is 0.132. The average molecular weight is 274 g/mol. The first kappa shape index (κ1) is 13.4. The molecule has 3 saturated heterocycles. The van der Waals surface area contributed by atoms with E-state index >= 15 is 0 Å². The monoisotopic (exact) mass is 274 g/mol. The maximum Gasteiger partial charge on any atom is 0.333 e. The van der Waals surface area contributed by atoms with E-state index < -0.39 is 5.54 Å². The summed E-state index contributed by atoms with van der Waals surface area (Å²) < 4.78 is 5.11. The Hall–Kier alpha value is -1.55. The lowest BCUT2D eigenvalue weighted by Gasteiger charge is -2.51. The molecule has 3 aliphatic heterocycles. The van der Waals surface area contributed by atoms with Gasteiger partial charge in [0.15, 0.2) is 5.54 Å². The van der Waals surface area contributed by atoms with Crippen LogP contribution in [0.3, 0.4) is 0 Å². The number of nitrogens with zero attached hydrogens (tertiary/aromatic N) is 1. The number of esters is 1. The van der Waals surface area contributed by atoms with E-state index in [4.69, 9.17) is 4.74 Å². The Bertz CT molecular complexity index is 492. The number of fused-ring (bicyclic) bond motifs is 3. The molecule has 3 fully saturated rings. The number of ether oxygens (including phenoxy) is 1. The molecule has 0 aromatic heterocycles. The quantitative estimate of drug-likeness (QED) is 0.857. The molecule has 1 atom stereocenters. The molecule has 1 unspecified atom stereocenters. The van der Waals surface area contributed by atoms with Gasteiger partial charge in [-0.2, -0.15) is 0 Å². The molecule has 4 rings (SSSR count). The van der Waals surface area contributed by atoms with Gasteiger partial charge in [-0.3, -0.25) is 0 Å². The Morgan fingerprint density at radius 3 is 2.45 bits per heavy atom. The van der Waals surface area contributed by atoms with E-state index in [9.17, 15) is 4.79 Å². The van der Waals surface area contributed by atoms with E-state index in [1.54, 1.807) is 0 Å². The third-order valence-corrected chi connectivity index (χ3v) is 4.73. The number of piperidine rings is 3. The zero-order chi connectivity index (χ0) is 14.2. The van der Waals surface area contributed by atoms with Crippen LogP contribution in [-0.2, 0) is 9.53 Å². The number of anilines is 1. The second-order valence-electron chi connectivity index (χ2n) is 6.00. The van der Waals surface area contributed by atoms with Crippen LogP contribution in [0.15, 0.2) is 24.3 Å². The van der Waals surface area contributed by atoms with Gasteiger partial charge in [-0.05, 0) is 50.9 Å². The number of methoxy groups -OCH3 is 1. The number of hydrogen-bond donors (Lipinski definition) is 1. The highest BCUT2D eigenvalue weighted by Gasteiger charge is 2.52. The fourth-order valence-corrected chi connectivity index (χ4v) is 3.57. The van der Waals surface area contributed by atoms with Crippen LogP contribution in [0, 0.1) is 12.8 Å². The van der Waals surface area contributed by atoms with E-state index in [0.29, 0.717) is 5.92 Å². The molecule has 4 nitrogen and oxygen atoms in total. The molecule has 3 aliphatic rings. The third-order valence-electron chi connectivity index (χ3n) is 4.73. The SMILES string of the molecule is COC(=O)C1(Nc2ccc(C)cc2)CN2CCC1CC2. The fourth-order valence-electron chi connectivity index (χ4n) is 3.57. The zero-order valence-corrected chi connectivity index (χ0v) is 12.2. The summed E-state index contributed by atoms with van der Waals surface area (Å²) >= 11 is 0. The molecule has 2 bridgehead atoms. The molecule has 0 spiro atoms. The summed E-state index contributed by atoms with van der Waals surface area (Å²) in [7, 11) is 1.48. The third kappa shape index (κ3) is 2.18. The Balaban J connectivity index is 1.90. The van der Waals surface area contributed by atoms with Gasteiger partial charge in [0, 0.05) is 12.2 Å². The van der Waals surface area contributed by atoms with Crippen LogP contribution in [0.1, 0.15) is 18.4 Å². The maximum atomic E-state index is 12.4. The molecule has 3 heterocycles. The minimum atomic E-state index is -0.583. The summed E-state index contributed by atoms with van der Waals surface area (Å²) in [6, 6.07) is 8.21. The highest BCUT2D eigenvalue weighted by atomic mass is 16.5. The number of carbonyl (C=O) groups excluding carboxylic acids is 1. The topological polar surface area (TPSA) is 41.6 Å². The van der Waals surface area contributed by atoms with E-state index in [0.717, 1.165) is 38.2 Å². The van der Waals surface area contributed by atoms with Gasteiger partial charge in [0.05, 0.1) is 7.11 Å². The normalized spacial score (nSPS) is 31.9. The van der Waals surface area contributed by atoms with E-state index in [2.05, 4.69) is 29.3 Å². The molecule has 4 heteroatoms. The second-order valence-corrected chi connectivity index (χ2v) is 6.00. The van der Waals surface area contributed by atoms with Crippen molar-refractivity contribution in [2.45, 2.75) is 25.3 Å². The summed E-state index contributed by atoms with van der Waals surface area (Å²) in [4.78, 5) is 14.8. The Morgan fingerprint density at radius 2 is 1.95 bits per heavy atom. The average Bonchev–Trinajstić information content (AvgIpc) is 2.50. The van der Waals surface area contributed by atoms with Gasteiger partial charge < -0.3 is 15.0 Å². The van der Waals surface area contributed by atoms with E-state index in [-0.39, 0.29) is 5.97 Å². The van der Waals surface area contributed by atoms with Crippen molar-refractivity contribution in [2.24, 2.45) is 5.92 Å². The van der Waals surface area contributed by atoms with Crippen molar-refractivity contribution < 1.29 is 9.53 Å². The summed E-state index contributed by atoms with van der Waals surface area (Å²) in [6.45, 7) is 5.00. The Kier molecular flexibility index (Phi) is 3.42. The van der Waals surface area contributed by atoms with Gasteiger partial charge in [0.2, 0.25) is 0 Å². The van der Waals surface area contributed by atoms with Crippen LogP contribution >= 0.6 is 0 Å². The molecule has 0 aliphatic carbocycles. The number of carbonyl (C=O) groups is 1. The highest BCUT2D eigenvalue weighted by molar-refractivity contribution is 5.86. The summed E-state index contributed by atoms with van der Waals surface area (Å²) in [5, 5.41) is 3.49. The summed E-state index contributed by atoms with van der Waals surface area (Å²) in [5.41, 5.74) is 1.63. The Morgan fingerprint density at radius 1 is 1.30 bits per heavy atom. The second kappa shape index (κ2) is 5.09. The largest absolute Gasteiger partial charge is 0.467 e. The fraction of sp³-hybridized carbons (Fsp3) is 0.562. The first-order valence-electron chi connectivity index (χ1n) is 7.30. The smallest absolute Gasteiger partial charge is 0.333 e. The van der Waals surface area contributed by atoms with Gasteiger partial charge in [0.25, 0.3) is 0 Å². The van der Waals surface area contributed by atoms with Gasteiger partial charge in [-0.25, -0.2) is 4.79 Å². The Labute approximate surface area is 120 Å². The van der Waals surface area contributed by atoms with Gasteiger partial charge in [-0.15, -0.1) is 0 Å². The van der Waals surface area contributed by atoms with Gasteiger partial charge >= 0.3 is 5.97 Å². The number of aryl methyl sites for hydroxylation is 1. The minimum Gasteiger partial charge on any atom is -0.467 e. The van der Waals surface area contributed by atoms with E-state index in [1.165, 1.54) is 12.7 Å². The number of rotatable bonds is 3.